The normalized spacial score (nSPS) is 12.8. The van der Waals surface area contributed by atoms with Gasteiger partial charge in [-0.05, 0) is 73.4 Å². The van der Waals surface area contributed by atoms with E-state index in [0.717, 1.165) is 51.0 Å². The van der Waals surface area contributed by atoms with Crippen LogP contribution in [-0.4, -0.2) is 41.8 Å². The van der Waals surface area contributed by atoms with Crippen molar-refractivity contribution in [2.24, 2.45) is 0 Å². The Labute approximate surface area is 255 Å². The molecule has 0 aliphatic rings. The van der Waals surface area contributed by atoms with Gasteiger partial charge in [-0.15, -0.1) is 0 Å². The second-order valence-electron chi connectivity index (χ2n) is 10.5. The van der Waals surface area contributed by atoms with Crippen LogP contribution in [0, 0.1) is 0 Å². The molecule has 0 aromatic heterocycles. The molecule has 1 N–H and O–H groups in total. The first-order valence-corrected chi connectivity index (χ1v) is 15.2. The third-order valence-electron chi connectivity index (χ3n) is 6.80. The summed E-state index contributed by atoms with van der Waals surface area (Å²) in [6.45, 7) is 11.3. The lowest BCUT2D eigenvalue weighted by molar-refractivity contribution is -0.158. The molecule has 0 aliphatic carbocycles. The van der Waals surface area contributed by atoms with Gasteiger partial charge >= 0.3 is 11.9 Å². The number of unbranched alkanes of at least 4 members (excludes halogenated alkanes) is 6. The van der Waals surface area contributed by atoms with Crippen molar-refractivity contribution in [2.75, 3.05) is 0 Å². The molecule has 0 saturated carbocycles. The third kappa shape index (κ3) is 13.7. The number of aliphatic hydroxyl groups excluding tert-OH is 1. The molecular formula is C35H46O8. The average molecular weight is 595 g/mol. The van der Waals surface area contributed by atoms with E-state index in [1.165, 1.54) is 6.42 Å². The number of ether oxygens (including phenoxy) is 4. The van der Waals surface area contributed by atoms with Crippen LogP contribution in [0.25, 0.3) is 0 Å². The fourth-order valence-corrected chi connectivity index (χ4v) is 4.36. The zero-order chi connectivity index (χ0) is 31.5. The Hall–Kier alpha value is -3.91. The number of hydrogen-bond donors (Lipinski definition) is 1. The molecule has 8 nitrogen and oxygen atoms in total. The first-order valence-electron chi connectivity index (χ1n) is 15.2. The predicted molar refractivity (Wildman–Crippen MR) is 166 cm³/mol. The summed E-state index contributed by atoms with van der Waals surface area (Å²) in [7, 11) is 0. The highest BCUT2D eigenvalue weighted by molar-refractivity contribution is 5.91. The lowest BCUT2D eigenvalue weighted by Gasteiger charge is -2.24. The van der Waals surface area contributed by atoms with Crippen molar-refractivity contribution >= 4 is 18.2 Å². The number of carbonyl (C=O) groups is 3. The summed E-state index contributed by atoms with van der Waals surface area (Å²) in [5.74, 6) is 0.197. The van der Waals surface area contributed by atoms with Crippen molar-refractivity contribution in [1.82, 2.24) is 0 Å². The fraction of sp³-hybridized carbons (Fsp3) is 0.457. The molecule has 0 amide bonds. The summed E-state index contributed by atoms with van der Waals surface area (Å²) in [4.78, 5) is 35.5. The molecule has 2 aromatic carbocycles. The third-order valence-corrected chi connectivity index (χ3v) is 6.80. The molecule has 0 radical (unpaired) electrons. The molecule has 0 spiro atoms. The number of hydrogen-bond acceptors (Lipinski definition) is 8. The molecule has 234 valence electrons. The van der Waals surface area contributed by atoms with E-state index < -0.39 is 30.4 Å². The molecule has 2 rings (SSSR count). The standard InChI is InChI=1S/C35H46O8/c1-5-8-10-11-13-15-34(43-33(38)7-3)41-29-20-22-30(23-21-29)42-35(39)27-16-18-28(19-17-27)40-32(14-12-9-6-2)31(37)24-26(4)25-36/h7,16-23,25,31-32,34,37H,3-6,8-15,24H2,1-2H3. The van der Waals surface area contributed by atoms with Gasteiger partial charge in [0.05, 0.1) is 11.7 Å². The van der Waals surface area contributed by atoms with Crippen LogP contribution in [0.1, 0.15) is 94.8 Å². The van der Waals surface area contributed by atoms with E-state index in [4.69, 9.17) is 18.9 Å². The van der Waals surface area contributed by atoms with Crippen LogP contribution >= 0.6 is 0 Å². The summed E-state index contributed by atoms with van der Waals surface area (Å²) in [6, 6.07) is 13.0. The highest BCUT2D eigenvalue weighted by atomic mass is 16.7. The maximum Gasteiger partial charge on any atom is 0.343 e. The lowest BCUT2D eigenvalue weighted by atomic mass is 10.0. The predicted octanol–water partition coefficient (Wildman–Crippen LogP) is 7.53. The number of aliphatic hydroxyl groups is 1. The largest absolute Gasteiger partial charge is 0.488 e. The number of carbonyl (C=O) groups excluding carboxylic acids is 3. The summed E-state index contributed by atoms with van der Waals surface area (Å²) in [5, 5.41) is 10.6. The van der Waals surface area contributed by atoms with Gasteiger partial charge in [-0.1, -0.05) is 65.5 Å². The topological polar surface area (TPSA) is 108 Å². The van der Waals surface area contributed by atoms with Crippen LogP contribution in [0.2, 0.25) is 0 Å². The van der Waals surface area contributed by atoms with E-state index in [1.54, 1.807) is 48.5 Å². The van der Waals surface area contributed by atoms with Crippen molar-refractivity contribution in [1.29, 1.82) is 0 Å². The maximum atomic E-state index is 12.8. The Kier molecular flexibility index (Phi) is 16.5. The molecule has 0 fully saturated rings. The SMILES string of the molecule is C=CC(=O)OC(CCCCCCC)Oc1ccc(OC(=O)c2ccc(OC(CCCCC)C(O)CC(=C)C=O)cc2)cc1. The summed E-state index contributed by atoms with van der Waals surface area (Å²) >= 11 is 0. The number of rotatable bonds is 22. The van der Waals surface area contributed by atoms with E-state index in [9.17, 15) is 19.5 Å². The monoisotopic (exact) mass is 594 g/mol. The minimum absolute atomic E-state index is 0.133. The molecule has 2 aromatic rings. The minimum atomic E-state index is -0.874. The van der Waals surface area contributed by atoms with E-state index in [-0.39, 0.29) is 6.42 Å². The summed E-state index contributed by atoms with van der Waals surface area (Å²) in [5.41, 5.74) is 0.632. The molecule has 3 atom stereocenters. The van der Waals surface area contributed by atoms with Crippen molar-refractivity contribution in [3.63, 3.8) is 0 Å². The molecule has 3 unspecified atom stereocenters. The van der Waals surface area contributed by atoms with Crippen LogP contribution in [0.4, 0.5) is 0 Å². The number of esters is 2. The Morgan fingerprint density at radius 3 is 2.00 bits per heavy atom. The van der Waals surface area contributed by atoms with Crippen molar-refractivity contribution < 1.29 is 38.4 Å². The van der Waals surface area contributed by atoms with Crippen LogP contribution < -0.4 is 14.2 Å². The minimum Gasteiger partial charge on any atom is -0.488 e. The van der Waals surface area contributed by atoms with Gasteiger partial charge < -0.3 is 24.1 Å². The molecule has 0 heterocycles. The highest BCUT2D eigenvalue weighted by Crippen LogP contribution is 2.24. The zero-order valence-corrected chi connectivity index (χ0v) is 25.5. The second kappa shape index (κ2) is 20.1. The summed E-state index contributed by atoms with van der Waals surface area (Å²) in [6.07, 6.45) is 9.18. The average Bonchev–Trinajstić information content (AvgIpc) is 3.01. The fourth-order valence-electron chi connectivity index (χ4n) is 4.36. The first-order chi connectivity index (χ1) is 20.8. The Balaban J connectivity index is 1.97. The Morgan fingerprint density at radius 1 is 0.814 bits per heavy atom. The van der Waals surface area contributed by atoms with E-state index in [2.05, 4.69) is 27.0 Å². The van der Waals surface area contributed by atoms with E-state index in [0.29, 0.717) is 47.5 Å². The van der Waals surface area contributed by atoms with Crippen LogP contribution in [0.3, 0.4) is 0 Å². The van der Waals surface area contributed by atoms with Crippen molar-refractivity contribution in [2.45, 2.75) is 103 Å². The first kappa shape index (κ1) is 35.3. The van der Waals surface area contributed by atoms with Gasteiger partial charge in [0.2, 0.25) is 6.29 Å². The smallest absolute Gasteiger partial charge is 0.343 e. The van der Waals surface area contributed by atoms with Gasteiger partial charge in [0.1, 0.15) is 29.6 Å². The van der Waals surface area contributed by atoms with Crippen LogP contribution in [0.15, 0.2) is 73.3 Å². The number of benzene rings is 2. The van der Waals surface area contributed by atoms with Crippen LogP contribution in [-0.2, 0) is 14.3 Å². The molecule has 8 heteroatoms. The maximum absolute atomic E-state index is 12.8. The van der Waals surface area contributed by atoms with Gasteiger partial charge in [-0.3, -0.25) is 4.79 Å². The Bertz CT molecular complexity index is 1140. The molecule has 0 bridgehead atoms. The van der Waals surface area contributed by atoms with Gasteiger partial charge in [0, 0.05) is 18.9 Å². The van der Waals surface area contributed by atoms with Crippen molar-refractivity contribution in [3.05, 3.63) is 78.9 Å². The Morgan fingerprint density at radius 2 is 1.37 bits per heavy atom. The van der Waals surface area contributed by atoms with Gasteiger partial charge in [-0.2, -0.15) is 0 Å². The molecule has 0 saturated heterocycles. The quantitative estimate of drug-likeness (QED) is 0.0372. The highest BCUT2D eigenvalue weighted by Gasteiger charge is 2.22. The van der Waals surface area contributed by atoms with Gasteiger partial charge in [0.25, 0.3) is 0 Å². The van der Waals surface area contributed by atoms with Gasteiger partial charge in [-0.25, -0.2) is 9.59 Å². The molecule has 43 heavy (non-hydrogen) atoms. The zero-order valence-electron chi connectivity index (χ0n) is 25.5. The van der Waals surface area contributed by atoms with Gasteiger partial charge in [0.15, 0.2) is 0 Å². The molecular weight excluding hydrogens is 548 g/mol. The lowest BCUT2D eigenvalue weighted by Crippen LogP contribution is -2.32. The second-order valence-corrected chi connectivity index (χ2v) is 10.5. The van der Waals surface area contributed by atoms with E-state index in [1.807, 2.05) is 0 Å². The summed E-state index contributed by atoms with van der Waals surface area (Å²) < 4.78 is 22.8. The molecule has 0 aliphatic heterocycles. The van der Waals surface area contributed by atoms with Crippen molar-refractivity contribution in [3.8, 4) is 17.2 Å². The number of aldehydes is 1. The van der Waals surface area contributed by atoms with Crippen LogP contribution in [0.5, 0.6) is 17.2 Å². The van der Waals surface area contributed by atoms with E-state index >= 15 is 0 Å².